The third kappa shape index (κ3) is 16.3. The molecular formula is C126H82N8. The van der Waals surface area contributed by atoms with E-state index in [0.717, 1.165) is 134 Å². The highest BCUT2D eigenvalue weighted by Crippen LogP contribution is 2.43. The Morgan fingerprint density at radius 2 is 0.448 bits per heavy atom. The minimum absolute atomic E-state index is 0.814. The zero-order valence-corrected chi connectivity index (χ0v) is 72.9. The minimum atomic E-state index is 0.814. The van der Waals surface area contributed by atoms with Crippen LogP contribution in [0.5, 0.6) is 0 Å². The lowest BCUT2D eigenvalue weighted by Crippen LogP contribution is -1.94. The number of fused-ring (bicyclic) bond motifs is 11. The highest BCUT2D eigenvalue weighted by atomic mass is 14.8. The molecule has 0 unspecified atom stereocenters. The number of hydrogen-bond acceptors (Lipinski definition) is 8. The molecule has 0 aliphatic heterocycles. The van der Waals surface area contributed by atoms with Crippen LogP contribution in [0.2, 0.25) is 0 Å². The van der Waals surface area contributed by atoms with Crippen molar-refractivity contribution in [1.82, 2.24) is 39.9 Å². The van der Waals surface area contributed by atoms with E-state index in [1.165, 1.54) is 110 Å². The standard InChI is InChI=1S/C46H30N4.2C40H26N2/c1-2-10-34(11-3-1)39-30-43(49-42-25-24-35-12-4-5-13-38(35)46(39)42)36-22-20-32(21-23-36)31-16-18-33(19-17-31)37-28-44(40-14-6-8-26-47-40)50-45(29-37)41-15-7-9-27-48-41;1-2-8-30(9-3-1)36-25-39(42-38-23-22-31-10-4-6-12-35(31)40(36)38)32-20-18-28(19-21-32)27-14-16-29(17-15-27)34-24-33-11-5-7-13-37(33)41-26-34;1-2-8-29(9-3-1)36-26-38(42-37-24-23-30-10-4-5-13-34(30)39(36)37)32-21-17-28(18-22-32)27-15-19-31(20-16-27)35-14-6-11-33-12-7-25-41-40(33)35/h1-30H;2*1-26H. The molecule has 626 valence electrons. The molecule has 0 bridgehead atoms. The van der Waals surface area contributed by atoms with E-state index in [-0.39, 0.29) is 0 Å². The summed E-state index contributed by atoms with van der Waals surface area (Å²) in [5.41, 5.74) is 35.5. The molecule has 8 nitrogen and oxygen atoms in total. The predicted molar refractivity (Wildman–Crippen MR) is 558 cm³/mol. The Morgan fingerprint density at radius 3 is 0.843 bits per heavy atom. The molecule has 8 aromatic heterocycles. The second-order valence-corrected chi connectivity index (χ2v) is 33.6. The number of pyridine rings is 8. The first-order valence-corrected chi connectivity index (χ1v) is 45.2. The van der Waals surface area contributed by atoms with Gasteiger partial charge in [-0.3, -0.25) is 19.9 Å². The van der Waals surface area contributed by atoms with E-state index < -0.39 is 0 Å². The average Bonchev–Trinajstić information content (AvgIpc) is 0.757. The number of hydrogen-bond donors (Lipinski definition) is 0. The molecule has 134 heavy (non-hydrogen) atoms. The van der Waals surface area contributed by atoms with E-state index in [1.807, 2.05) is 67.0 Å². The SMILES string of the molecule is c1ccc(-c2cc(-c3ccc(-c4ccc(-c5cc(-c6ccccn6)nc(-c6ccccn6)c5)cc4)cc3)nc3ccc4ccccc4c23)cc1.c1ccc(-c2cc(-c3ccc(-c4ccc(-c5cccc6cccnc56)cc4)cc3)nc3ccc4ccccc4c23)cc1.c1ccc(-c2cc(-c3ccc(-c4ccc(-c5cnc6ccccc6c5)cc4)cc3)nc3ccc4ccccc4c23)cc1. The van der Waals surface area contributed by atoms with E-state index in [2.05, 4.69) is 439 Å². The van der Waals surface area contributed by atoms with Crippen LogP contribution in [0.1, 0.15) is 0 Å². The number of benzene rings is 17. The lowest BCUT2D eigenvalue weighted by Gasteiger charge is -2.13. The van der Waals surface area contributed by atoms with Gasteiger partial charge in [-0.2, -0.15) is 0 Å². The van der Waals surface area contributed by atoms with Crippen molar-refractivity contribution < 1.29 is 0 Å². The van der Waals surface area contributed by atoms with Crippen molar-refractivity contribution in [3.8, 4) is 157 Å². The van der Waals surface area contributed by atoms with Crippen LogP contribution in [-0.4, -0.2) is 39.9 Å². The van der Waals surface area contributed by atoms with Crippen LogP contribution in [0, 0.1) is 0 Å². The maximum Gasteiger partial charge on any atom is 0.0900 e. The van der Waals surface area contributed by atoms with Gasteiger partial charge in [-0.25, -0.2) is 19.9 Å². The summed E-state index contributed by atoms with van der Waals surface area (Å²) in [6.45, 7) is 0. The van der Waals surface area contributed by atoms with Crippen molar-refractivity contribution in [2.24, 2.45) is 0 Å². The number of rotatable bonds is 14. The monoisotopic (exact) mass is 1710 g/mol. The Bertz CT molecular complexity index is 8580. The van der Waals surface area contributed by atoms with Crippen molar-refractivity contribution in [3.05, 3.63) is 498 Å². The van der Waals surface area contributed by atoms with Gasteiger partial charge in [0.25, 0.3) is 0 Å². The molecule has 25 rings (SSSR count). The summed E-state index contributed by atoms with van der Waals surface area (Å²) >= 11 is 0. The van der Waals surface area contributed by atoms with Crippen molar-refractivity contribution in [2.75, 3.05) is 0 Å². The van der Waals surface area contributed by atoms with Crippen molar-refractivity contribution >= 4 is 86.8 Å². The Kier molecular flexibility index (Phi) is 21.6. The van der Waals surface area contributed by atoms with E-state index >= 15 is 0 Å². The molecule has 0 N–H and O–H groups in total. The first-order chi connectivity index (χ1) is 66.4. The van der Waals surface area contributed by atoms with Gasteiger partial charge in [0.1, 0.15) is 0 Å². The highest BCUT2D eigenvalue weighted by Gasteiger charge is 2.20. The summed E-state index contributed by atoms with van der Waals surface area (Å²) in [6.07, 6.45) is 7.40. The van der Waals surface area contributed by atoms with Crippen molar-refractivity contribution in [2.45, 2.75) is 0 Å². The fourth-order valence-electron chi connectivity index (χ4n) is 18.6. The van der Waals surface area contributed by atoms with E-state index in [1.54, 1.807) is 12.4 Å². The maximum atomic E-state index is 5.17. The molecule has 0 saturated heterocycles. The third-order valence-corrected chi connectivity index (χ3v) is 25.4. The molecule has 0 fully saturated rings. The van der Waals surface area contributed by atoms with Crippen LogP contribution in [0.25, 0.3) is 244 Å². The molecule has 17 aromatic carbocycles. The summed E-state index contributed by atoms with van der Waals surface area (Å²) in [7, 11) is 0. The first-order valence-electron chi connectivity index (χ1n) is 45.2. The lowest BCUT2D eigenvalue weighted by atomic mass is 9.94. The first kappa shape index (κ1) is 80.6. The summed E-state index contributed by atoms with van der Waals surface area (Å²) < 4.78 is 0. The van der Waals surface area contributed by atoms with Gasteiger partial charge in [0.2, 0.25) is 0 Å². The van der Waals surface area contributed by atoms with Gasteiger partial charge >= 0.3 is 0 Å². The van der Waals surface area contributed by atoms with E-state index in [0.29, 0.717) is 0 Å². The summed E-state index contributed by atoms with van der Waals surface area (Å²) in [6, 6.07) is 166. The number of aromatic nitrogens is 8. The number of para-hydroxylation sites is 2. The fraction of sp³-hybridized carbons (Fsp3) is 0. The molecule has 0 amide bonds. The molecule has 8 heterocycles. The molecule has 8 heteroatoms. The van der Waals surface area contributed by atoms with Gasteiger partial charge in [0.15, 0.2) is 0 Å². The van der Waals surface area contributed by atoms with E-state index in [9.17, 15) is 0 Å². The zero-order chi connectivity index (χ0) is 89.0. The minimum Gasteiger partial charge on any atom is -0.256 e. The molecule has 0 atom stereocenters. The van der Waals surface area contributed by atoms with Gasteiger partial charge in [-0.1, -0.05) is 382 Å². The average molecular weight is 1710 g/mol. The van der Waals surface area contributed by atoms with Crippen LogP contribution in [0.3, 0.4) is 0 Å². The molecule has 0 aliphatic rings. The van der Waals surface area contributed by atoms with Gasteiger partial charge < -0.3 is 0 Å². The van der Waals surface area contributed by atoms with Gasteiger partial charge in [-0.05, 0) is 212 Å². The molecule has 0 saturated carbocycles. The second-order valence-electron chi connectivity index (χ2n) is 33.6. The zero-order valence-electron chi connectivity index (χ0n) is 72.9. The number of nitrogens with zero attached hydrogens (tertiary/aromatic N) is 8. The predicted octanol–water partition coefficient (Wildman–Crippen LogP) is 32.8. The molecule has 0 aliphatic carbocycles. The largest absolute Gasteiger partial charge is 0.256 e. The van der Waals surface area contributed by atoms with E-state index in [4.69, 9.17) is 19.9 Å². The highest BCUT2D eigenvalue weighted by molar-refractivity contribution is 6.17. The quantitative estimate of drug-likeness (QED) is 0.0992. The topological polar surface area (TPSA) is 103 Å². The Hall–Kier alpha value is -18.0. The van der Waals surface area contributed by atoms with Gasteiger partial charge in [0.05, 0.1) is 67.4 Å². The molecular weight excluding hydrogens is 1630 g/mol. The third-order valence-electron chi connectivity index (χ3n) is 25.4. The van der Waals surface area contributed by atoms with Crippen molar-refractivity contribution in [1.29, 1.82) is 0 Å². The van der Waals surface area contributed by atoms with Gasteiger partial charge in [0, 0.05) is 79.5 Å². The maximum absolute atomic E-state index is 5.17. The van der Waals surface area contributed by atoms with Crippen molar-refractivity contribution in [3.63, 3.8) is 0 Å². The fourth-order valence-corrected chi connectivity index (χ4v) is 18.6. The molecule has 25 aromatic rings. The van der Waals surface area contributed by atoms with Crippen LogP contribution >= 0.6 is 0 Å². The summed E-state index contributed by atoms with van der Waals surface area (Å²) in [5, 5.41) is 13.2. The lowest BCUT2D eigenvalue weighted by molar-refractivity contribution is 1.22. The molecule has 0 radical (unpaired) electrons. The Morgan fingerprint density at radius 1 is 0.134 bits per heavy atom. The Labute approximate surface area is 776 Å². The Balaban J connectivity index is 0.000000114. The van der Waals surface area contributed by atoms with Crippen LogP contribution < -0.4 is 0 Å². The summed E-state index contributed by atoms with van der Waals surface area (Å²) in [5.74, 6) is 0. The smallest absolute Gasteiger partial charge is 0.0900 e. The summed E-state index contributed by atoms with van der Waals surface area (Å²) in [4.78, 5) is 38.8. The van der Waals surface area contributed by atoms with Crippen LogP contribution in [0.15, 0.2) is 498 Å². The molecule has 0 spiro atoms. The van der Waals surface area contributed by atoms with Gasteiger partial charge in [-0.15, -0.1) is 0 Å². The van der Waals surface area contributed by atoms with Crippen LogP contribution in [-0.2, 0) is 0 Å². The normalized spacial score (nSPS) is 11.3. The van der Waals surface area contributed by atoms with Crippen LogP contribution in [0.4, 0.5) is 0 Å². The second kappa shape index (κ2) is 35.9.